The maximum Gasteiger partial charge on any atom is 0.325 e. The number of nitrogens with zero attached hydrogens (tertiary/aromatic N) is 1. The van der Waals surface area contributed by atoms with E-state index in [9.17, 15) is 9.59 Å². The lowest BCUT2D eigenvalue weighted by Gasteiger charge is -2.33. The topological polar surface area (TPSA) is 49.4 Å². The van der Waals surface area contributed by atoms with Crippen LogP contribution in [-0.2, 0) is 4.79 Å². The summed E-state index contributed by atoms with van der Waals surface area (Å²) in [7, 11) is 0. The predicted octanol–water partition coefficient (Wildman–Crippen LogP) is 2.29. The minimum absolute atomic E-state index is 0.0751. The molecule has 1 saturated heterocycles. The van der Waals surface area contributed by atoms with Crippen molar-refractivity contribution in [1.29, 1.82) is 0 Å². The van der Waals surface area contributed by atoms with Crippen LogP contribution in [-0.4, -0.2) is 28.9 Å². The fourth-order valence-corrected chi connectivity index (χ4v) is 2.82. The molecule has 2 rings (SSSR count). The molecule has 4 nitrogen and oxygen atoms in total. The Balaban J connectivity index is 2.13. The van der Waals surface area contributed by atoms with E-state index >= 15 is 0 Å². The van der Waals surface area contributed by atoms with Gasteiger partial charge in [-0.3, -0.25) is 10.1 Å². The molecule has 2 fully saturated rings. The molecule has 1 saturated carbocycles. The smallest absolute Gasteiger partial charge is 0.310 e. The highest BCUT2D eigenvalue weighted by atomic mass is 16.2. The molecule has 0 aromatic heterocycles. The Morgan fingerprint density at radius 2 is 1.82 bits per heavy atom. The van der Waals surface area contributed by atoms with Crippen molar-refractivity contribution in [2.75, 3.05) is 6.54 Å². The fraction of sp³-hybridized carbons (Fsp3) is 0.846. The standard InChI is InChI=1S/C13H22N2O2/c1-12(2,3)8-9-15-11(17)14-10(16)13(15)6-4-5-7-13/h4-9H2,1-3H3,(H,14,16,17). The van der Waals surface area contributed by atoms with Gasteiger partial charge in [0.25, 0.3) is 5.91 Å². The second-order valence-corrected chi connectivity index (χ2v) is 6.46. The Hall–Kier alpha value is -1.06. The van der Waals surface area contributed by atoms with Crippen LogP contribution in [0.5, 0.6) is 0 Å². The molecule has 96 valence electrons. The minimum atomic E-state index is -0.512. The van der Waals surface area contributed by atoms with Crippen molar-refractivity contribution in [3.63, 3.8) is 0 Å². The molecule has 0 aromatic carbocycles. The monoisotopic (exact) mass is 238 g/mol. The van der Waals surface area contributed by atoms with E-state index in [0.717, 1.165) is 32.1 Å². The van der Waals surface area contributed by atoms with Gasteiger partial charge < -0.3 is 4.90 Å². The lowest BCUT2D eigenvalue weighted by atomic mass is 9.90. The summed E-state index contributed by atoms with van der Waals surface area (Å²) in [5.74, 6) is -0.0751. The van der Waals surface area contributed by atoms with Gasteiger partial charge in [0, 0.05) is 6.54 Å². The Morgan fingerprint density at radius 3 is 2.35 bits per heavy atom. The third kappa shape index (κ3) is 2.17. The molecule has 0 aromatic rings. The van der Waals surface area contributed by atoms with Gasteiger partial charge in [0.15, 0.2) is 0 Å². The second-order valence-electron chi connectivity index (χ2n) is 6.46. The molecule has 3 amide bonds. The number of carbonyl (C=O) groups excluding carboxylic acids is 2. The van der Waals surface area contributed by atoms with Crippen molar-refractivity contribution in [3.05, 3.63) is 0 Å². The highest BCUT2D eigenvalue weighted by Crippen LogP contribution is 2.39. The summed E-state index contributed by atoms with van der Waals surface area (Å²) in [4.78, 5) is 25.6. The van der Waals surface area contributed by atoms with E-state index in [1.54, 1.807) is 4.90 Å². The largest absolute Gasteiger partial charge is 0.325 e. The molecule has 0 radical (unpaired) electrons. The van der Waals surface area contributed by atoms with Crippen molar-refractivity contribution in [3.8, 4) is 0 Å². The average molecular weight is 238 g/mol. The fourth-order valence-electron chi connectivity index (χ4n) is 2.82. The predicted molar refractivity (Wildman–Crippen MR) is 65.5 cm³/mol. The van der Waals surface area contributed by atoms with E-state index in [1.807, 2.05) is 0 Å². The Labute approximate surface area is 103 Å². The van der Waals surface area contributed by atoms with Crippen molar-refractivity contribution >= 4 is 11.9 Å². The molecule has 1 aliphatic heterocycles. The Morgan fingerprint density at radius 1 is 1.24 bits per heavy atom. The zero-order chi connectivity index (χ0) is 12.7. The van der Waals surface area contributed by atoms with Crippen LogP contribution in [0.15, 0.2) is 0 Å². The molecule has 1 heterocycles. The maximum atomic E-state index is 12.0. The van der Waals surface area contributed by atoms with Gasteiger partial charge in [0.05, 0.1) is 0 Å². The number of urea groups is 1. The van der Waals surface area contributed by atoms with Crippen LogP contribution in [0.2, 0.25) is 0 Å². The highest BCUT2D eigenvalue weighted by molar-refractivity contribution is 6.07. The molecule has 1 N–H and O–H groups in total. The first-order valence-electron chi connectivity index (χ1n) is 6.48. The third-order valence-electron chi connectivity index (χ3n) is 3.92. The summed E-state index contributed by atoms with van der Waals surface area (Å²) in [5.41, 5.74) is -0.325. The number of hydrogen-bond acceptors (Lipinski definition) is 2. The van der Waals surface area contributed by atoms with Crippen molar-refractivity contribution < 1.29 is 9.59 Å². The summed E-state index contributed by atoms with van der Waals surface area (Å²) < 4.78 is 0. The zero-order valence-corrected chi connectivity index (χ0v) is 11.0. The van der Waals surface area contributed by atoms with Crippen molar-refractivity contribution in [2.24, 2.45) is 5.41 Å². The van der Waals surface area contributed by atoms with Gasteiger partial charge in [-0.2, -0.15) is 0 Å². The van der Waals surface area contributed by atoms with Crippen LogP contribution in [0, 0.1) is 5.41 Å². The molecule has 2 aliphatic rings. The molecule has 17 heavy (non-hydrogen) atoms. The van der Waals surface area contributed by atoms with Crippen LogP contribution in [0.4, 0.5) is 4.79 Å². The van der Waals surface area contributed by atoms with Gasteiger partial charge in [-0.1, -0.05) is 33.6 Å². The van der Waals surface area contributed by atoms with E-state index in [-0.39, 0.29) is 17.4 Å². The number of nitrogens with one attached hydrogen (secondary N) is 1. The van der Waals surface area contributed by atoms with Crippen LogP contribution in [0.25, 0.3) is 0 Å². The molecular weight excluding hydrogens is 216 g/mol. The van der Waals surface area contributed by atoms with Gasteiger partial charge >= 0.3 is 6.03 Å². The van der Waals surface area contributed by atoms with Crippen LogP contribution < -0.4 is 5.32 Å². The van der Waals surface area contributed by atoms with Crippen molar-refractivity contribution in [1.82, 2.24) is 10.2 Å². The first kappa shape index (κ1) is 12.4. The number of imide groups is 1. The maximum absolute atomic E-state index is 12.0. The molecule has 4 heteroatoms. The zero-order valence-electron chi connectivity index (χ0n) is 11.0. The molecular formula is C13H22N2O2. The van der Waals surface area contributed by atoms with E-state index in [1.165, 1.54) is 0 Å². The Kier molecular flexibility index (Phi) is 2.92. The summed E-state index contributed by atoms with van der Waals surface area (Å²) >= 11 is 0. The lowest BCUT2D eigenvalue weighted by molar-refractivity contribution is -0.126. The van der Waals surface area contributed by atoms with Crippen LogP contribution in [0.1, 0.15) is 52.9 Å². The molecule has 1 aliphatic carbocycles. The third-order valence-corrected chi connectivity index (χ3v) is 3.92. The van der Waals surface area contributed by atoms with E-state index in [0.29, 0.717) is 6.54 Å². The Bertz CT molecular complexity index is 338. The van der Waals surface area contributed by atoms with Crippen LogP contribution in [0.3, 0.4) is 0 Å². The lowest BCUT2D eigenvalue weighted by Crippen LogP contribution is -2.48. The van der Waals surface area contributed by atoms with Gasteiger partial charge in [-0.05, 0) is 24.7 Å². The molecule has 0 unspecified atom stereocenters. The summed E-state index contributed by atoms with van der Waals surface area (Å²) in [6, 6.07) is -0.193. The summed E-state index contributed by atoms with van der Waals surface area (Å²) in [5, 5.41) is 2.48. The quantitative estimate of drug-likeness (QED) is 0.750. The second kappa shape index (κ2) is 4.00. The van der Waals surface area contributed by atoms with Crippen LogP contribution >= 0.6 is 0 Å². The van der Waals surface area contributed by atoms with Gasteiger partial charge in [-0.15, -0.1) is 0 Å². The molecule has 0 bridgehead atoms. The van der Waals surface area contributed by atoms with E-state index in [4.69, 9.17) is 0 Å². The highest BCUT2D eigenvalue weighted by Gasteiger charge is 2.53. The van der Waals surface area contributed by atoms with Gasteiger partial charge in [0.1, 0.15) is 5.54 Å². The summed E-state index contributed by atoms with van der Waals surface area (Å²) in [6.07, 6.45) is 4.68. The van der Waals surface area contributed by atoms with Gasteiger partial charge in [0.2, 0.25) is 0 Å². The molecule has 0 atom stereocenters. The minimum Gasteiger partial charge on any atom is -0.310 e. The SMILES string of the molecule is CC(C)(C)CCN1C(=O)NC(=O)C12CCCC2. The normalized spacial score (nSPS) is 23.6. The van der Waals surface area contributed by atoms with Crippen molar-refractivity contribution in [2.45, 2.75) is 58.4 Å². The van der Waals surface area contributed by atoms with E-state index in [2.05, 4.69) is 26.1 Å². The summed E-state index contributed by atoms with van der Waals surface area (Å²) in [6.45, 7) is 7.15. The number of amides is 3. The first-order valence-corrected chi connectivity index (χ1v) is 6.48. The number of carbonyl (C=O) groups is 2. The van der Waals surface area contributed by atoms with E-state index < -0.39 is 5.54 Å². The first-order chi connectivity index (χ1) is 7.85. The number of rotatable bonds is 2. The van der Waals surface area contributed by atoms with Gasteiger partial charge in [-0.25, -0.2) is 4.79 Å². The molecule has 1 spiro atoms. The number of hydrogen-bond donors (Lipinski definition) is 1. The average Bonchev–Trinajstić information content (AvgIpc) is 2.73.